The number of nitrogens with two attached hydrogens (primary N) is 1. The highest BCUT2D eigenvalue weighted by Crippen LogP contribution is 2.08. The number of nitrogens with one attached hydrogen (secondary N) is 3. The molecule has 0 bridgehead atoms. The molecule has 11 heteroatoms. The van der Waals surface area contributed by atoms with E-state index in [1.165, 1.54) is 11.8 Å². The SMILES string of the molecule is CSCCC(NC(=O)C(Cc1ccccc1)NC(=O)C(N)C(C)C)C(=O)NC(CS)C(=O)O. The molecule has 1 rings (SSSR count). The van der Waals surface area contributed by atoms with Crippen molar-refractivity contribution >= 4 is 48.1 Å². The van der Waals surface area contributed by atoms with Gasteiger partial charge in [-0.15, -0.1) is 0 Å². The third-order valence-electron chi connectivity index (χ3n) is 4.98. The summed E-state index contributed by atoms with van der Waals surface area (Å²) in [6.45, 7) is 3.61. The largest absolute Gasteiger partial charge is 0.480 e. The maximum atomic E-state index is 13.2. The first-order valence-electron chi connectivity index (χ1n) is 10.6. The molecule has 0 aliphatic heterocycles. The van der Waals surface area contributed by atoms with Gasteiger partial charge in [-0.25, -0.2) is 4.79 Å². The number of carboxylic acid groups (broad SMARTS) is 1. The van der Waals surface area contributed by atoms with Gasteiger partial charge in [-0.3, -0.25) is 14.4 Å². The van der Waals surface area contributed by atoms with Gasteiger partial charge in [0, 0.05) is 12.2 Å². The summed E-state index contributed by atoms with van der Waals surface area (Å²) in [5, 5.41) is 17.0. The molecular weight excluding hydrogens is 464 g/mol. The van der Waals surface area contributed by atoms with Gasteiger partial charge in [0.2, 0.25) is 17.7 Å². The Balaban J connectivity index is 3.05. The number of hydrogen-bond donors (Lipinski definition) is 6. The molecule has 0 aromatic heterocycles. The number of thioether (sulfide) groups is 1. The van der Waals surface area contributed by atoms with Crippen molar-refractivity contribution < 1.29 is 24.3 Å². The van der Waals surface area contributed by atoms with Gasteiger partial charge in [-0.05, 0) is 29.9 Å². The first kappa shape index (κ1) is 28.8. The minimum Gasteiger partial charge on any atom is -0.480 e. The van der Waals surface area contributed by atoms with Crippen LogP contribution in [0, 0.1) is 5.92 Å². The summed E-state index contributed by atoms with van der Waals surface area (Å²) in [6.07, 6.45) is 2.35. The average molecular weight is 499 g/mol. The summed E-state index contributed by atoms with van der Waals surface area (Å²) >= 11 is 5.44. The molecule has 3 amide bonds. The van der Waals surface area contributed by atoms with Gasteiger partial charge < -0.3 is 26.8 Å². The van der Waals surface area contributed by atoms with E-state index in [0.29, 0.717) is 5.75 Å². The first-order valence-corrected chi connectivity index (χ1v) is 12.7. The fourth-order valence-corrected chi connectivity index (χ4v) is 3.58. The second-order valence-electron chi connectivity index (χ2n) is 7.95. The van der Waals surface area contributed by atoms with Crippen LogP contribution in [0.15, 0.2) is 30.3 Å². The molecule has 0 spiro atoms. The number of aliphatic carboxylic acids is 1. The lowest BCUT2D eigenvalue weighted by atomic mass is 10.0. The number of amides is 3. The second-order valence-corrected chi connectivity index (χ2v) is 9.30. The fraction of sp³-hybridized carbons (Fsp3) is 0.545. The summed E-state index contributed by atoms with van der Waals surface area (Å²) in [5.41, 5.74) is 6.76. The monoisotopic (exact) mass is 498 g/mol. The minimum atomic E-state index is -1.22. The van der Waals surface area contributed by atoms with E-state index in [-0.39, 0.29) is 24.5 Å². The highest BCUT2D eigenvalue weighted by molar-refractivity contribution is 7.98. The Hall–Kier alpha value is -2.24. The van der Waals surface area contributed by atoms with E-state index in [1.807, 2.05) is 36.6 Å². The summed E-state index contributed by atoms with van der Waals surface area (Å²) in [6, 6.07) is 5.24. The van der Waals surface area contributed by atoms with E-state index < -0.39 is 47.9 Å². The van der Waals surface area contributed by atoms with Gasteiger partial charge in [0.15, 0.2) is 0 Å². The van der Waals surface area contributed by atoms with Gasteiger partial charge in [0.1, 0.15) is 18.1 Å². The predicted octanol–water partition coefficient (Wildman–Crippen LogP) is 0.434. The third kappa shape index (κ3) is 10.1. The Bertz CT molecular complexity index is 794. The van der Waals surface area contributed by atoms with Crippen LogP contribution in [0.2, 0.25) is 0 Å². The zero-order chi connectivity index (χ0) is 25.0. The van der Waals surface area contributed by atoms with Crippen molar-refractivity contribution in [3.63, 3.8) is 0 Å². The number of thiol groups is 1. The quantitative estimate of drug-likeness (QED) is 0.204. The van der Waals surface area contributed by atoms with Crippen LogP contribution in [0.5, 0.6) is 0 Å². The Kier molecular flexibility index (Phi) is 12.9. The summed E-state index contributed by atoms with van der Waals surface area (Å²) in [4.78, 5) is 49.7. The molecule has 0 heterocycles. The molecule has 0 aliphatic rings. The number of carbonyl (C=O) groups is 4. The molecule has 1 aromatic rings. The van der Waals surface area contributed by atoms with Crippen molar-refractivity contribution in [3.05, 3.63) is 35.9 Å². The van der Waals surface area contributed by atoms with Crippen LogP contribution in [-0.4, -0.2) is 70.7 Å². The summed E-state index contributed by atoms with van der Waals surface area (Å²) < 4.78 is 0. The fourth-order valence-electron chi connectivity index (χ4n) is 2.86. The van der Waals surface area contributed by atoms with E-state index in [2.05, 4.69) is 28.6 Å². The van der Waals surface area contributed by atoms with E-state index >= 15 is 0 Å². The average Bonchev–Trinajstić information content (AvgIpc) is 2.79. The predicted molar refractivity (Wildman–Crippen MR) is 133 cm³/mol. The maximum absolute atomic E-state index is 13.2. The van der Waals surface area contributed by atoms with Crippen molar-refractivity contribution in [1.29, 1.82) is 0 Å². The van der Waals surface area contributed by atoms with Gasteiger partial charge in [-0.1, -0.05) is 44.2 Å². The summed E-state index contributed by atoms with van der Waals surface area (Å²) in [7, 11) is 0. The lowest BCUT2D eigenvalue weighted by Crippen LogP contribution is -2.58. The van der Waals surface area contributed by atoms with Crippen LogP contribution in [0.4, 0.5) is 0 Å². The molecule has 4 atom stereocenters. The van der Waals surface area contributed by atoms with Crippen LogP contribution in [0.1, 0.15) is 25.8 Å². The maximum Gasteiger partial charge on any atom is 0.327 e. The third-order valence-corrected chi connectivity index (χ3v) is 5.99. The Morgan fingerprint density at radius 1 is 0.970 bits per heavy atom. The van der Waals surface area contributed by atoms with Gasteiger partial charge in [0.05, 0.1) is 6.04 Å². The topological polar surface area (TPSA) is 151 Å². The zero-order valence-corrected chi connectivity index (χ0v) is 20.8. The van der Waals surface area contributed by atoms with Crippen LogP contribution in [-0.2, 0) is 25.6 Å². The van der Waals surface area contributed by atoms with E-state index in [9.17, 15) is 24.3 Å². The standard InChI is InChI=1S/C22H34N4O5S2/c1-13(2)18(23)21(29)25-16(11-14-7-5-4-6-8-14)20(28)24-15(9-10-33-3)19(27)26-17(12-32)22(30)31/h4-8,13,15-18,32H,9-12,23H2,1-3H3,(H,24,28)(H,25,29)(H,26,27)(H,30,31). The van der Waals surface area contributed by atoms with E-state index in [0.717, 1.165) is 5.56 Å². The molecule has 0 saturated carbocycles. The Labute approximate surface area is 204 Å². The van der Waals surface area contributed by atoms with Crippen LogP contribution < -0.4 is 21.7 Å². The number of rotatable bonds is 14. The van der Waals surface area contributed by atoms with Crippen LogP contribution in [0.25, 0.3) is 0 Å². The van der Waals surface area contributed by atoms with Crippen molar-refractivity contribution in [3.8, 4) is 0 Å². The number of carbonyl (C=O) groups excluding carboxylic acids is 3. The Morgan fingerprint density at radius 2 is 1.52 bits per heavy atom. The first-order chi connectivity index (χ1) is 15.6. The highest BCUT2D eigenvalue weighted by Gasteiger charge is 2.30. The molecule has 9 nitrogen and oxygen atoms in total. The molecule has 0 fully saturated rings. The molecular formula is C22H34N4O5S2. The smallest absolute Gasteiger partial charge is 0.327 e. The molecule has 33 heavy (non-hydrogen) atoms. The van der Waals surface area contributed by atoms with E-state index in [4.69, 9.17) is 5.73 Å². The second kappa shape index (κ2) is 14.8. The molecule has 184 valence electrons. The molecule has 0 saturated heterocycles. The van der Waals surface area contributed by atoms with E-state index in [1.54, 1.807) is 13.8 Å². The molecule has 0 aliphatic carbocycles. The molecule has 1 aromatic carbocycles. The number of hydrogen-bond acceptors (Lipinski definition) is 7. The van der Waals surface area contributed by atoms with Crippen molar-refractivity contribution in [1.82, 2.24) is 16.0 Å². The Morgan fingerprint density at radius 3 is 2.03 bits per heavy atom. The normalized spacial score (nSPS) is 14.6. The van der Waals surface area contributed by atoms with Crippen molar-refractivity contribution in [2.24, 2.45) is 11.7 Å². The highest BCUT2D eigenvalue weighted by atomic mass is 32.2. The molecule has 0 radical (unpaired) electrons. The number of benzene rings is 1. The van der Waals surface area contributed by atoms with Crippen LogP contribution >= 0.6 is 24.4 Å². The minimum absolute atomic E-state index is 0.0932. The van der Waals surface area contributed by atoms with Crippen molar-refractivity contribution in [2.75, 3.05) is 17.8 Å². The number of carboxylic acids is 1. The summed E-state index contributed by atoms with van der Waals surface area (Å²) in [5.74, 6) is -2.52. The van der Waals surface area contributed by atoms with Crippen LogP contribution in [0.3, 0.4) is 0 Å². The van der Waals surface area contributed by atoms with Crippen molar-refractivity contribution in [2.45, 2.75) is 50.9 Å². The lowest BCUT2D eigenvalue weighted by molar-refractivity contribution is -0.141. The molecule has 6 N–H and O–H groups in total. The van der Waals surface area contributed by atoms with Gasteiger partial charge in [-0.2, -0.15) is 24.4 Å². The van der Waals surface area contributed by atoms with Gasteiger partial charge >= 0.3 is 5.97 Å². The zero-order valence-electron chi connectivity index (χ0n) is 19.1. The lowest BCUT2D eigenvalue weighted by Gasteiger charge is -2.25. The molecule has 4 unspecified atom stereocenters. The van der Waals surface area contributed by atoms with Gasteiger partial charge in [0.25, 0.3) is 0 Å².